The summed E-state index contributed by atoms with van der Waals surface area (Å²) in [4.78, 5) is 0. The van der Waals surface area contributed by atoms with Crippen molar-refractivity contribution in [2.24, 2.45) is 0 Å². The fourth-order valence-corrected chi connectivity index (χ4v) is 19.0. The molecule has 0 saturated heterocycles. The van der Waals surface area contributed by atoms with E-state index in [0.717, 1.165) is 44.5 Å². The van der Waals surface area contributed by atoms with Gasteiger partial charge in [-0.05, 0) is 0 Å². The van der Waals surface area contributed by atoms with Crippen LogP contribution in [0.4, 0.5) is 17.6 Å². The number of aliphatic hydroxyl groups is 2. The van der Waals surface area contributed by atoms with E-state index in [-0.39, 0.29) is 139 Å². The van der Waals surface area contributed by atoms with Crippen LogP contribution in [0.5, 0.6) is 23.0 Å². The van der Waals surface area contributed by atoms with Gasteiger partial charge in [-0.1, -0.05) is 0 Å². The van der Waals surface area contributed by atoms with Gasteiger partial charge in [0.15, 0.2) is 0 Å². The van der Waals surface area contributed by atoms with Crippen molar-refractivity contribution in [1.29, 1.82) is 0 Å². The number of hydrogen-bond donors (Lipinski definition) is 2. The summed E-state index contributed by atoms with van der Waals surface area (Å²) in [5.74, 6) is -3.20. The number of ether oxygens (including phenoxy) is 2. The number of halogens is 4. The molecule has 0 saturated carbocycles. The first kappa shape index (κ1) is 71.9. The second-order valence-corrected chi connectivity index (χ2v) is 40.9. The molecule has 6 rings (SSSR count). The van der Waals surface area contributed by atoms with Crippen LogP contribution in [0.2, 0.25) is 9.50 Å². The number of aryl methyl sites for hydroxylation is 2. The van der Waals surface area contributed by atoms with Gasteiger partial charge >= 0.3 is 478 Å². The van der Waals surface area contributed by atoms with E-state index >= 15 is 17.6 Å². The Morgan fingerprint density at radius 3 is 0.890 bits per heavy atom. The standard InChI is InChI=1S/C70H92F4GeO4.2CH3.Zr/c1-39(2)75(40(3)4,37-78-55-35-53(71)59(69(19,20)21)61(73)57(55)51-27-41(5)25-49(63(51)76)43-29-45(65(7,8)9)33-46(30-43)66(10,11)12)38-79-56-36-54(72)60(70(22,23)24)62(74)58(56)52-28-42(6)26-50(64(52)77)44-31-47(67(13,14)15)34-48(32-44)68(16,17)18;;;/h25-36,39-40,76-77H,37-38H2,1-24H3;2*1H3;/q;2*-1;/p+2. The van der Waals surface area contributed by atoms with Gasteiger partial charge in [-0.2, -0.15) is 0 Å². The summed E-state index contributed by atoms with van der Waals surface area (Å²) >= 11 is -3.69. The number of hydrogen-bond acceptors (Lipinski definition) is 2. The van der Waals surface area contributed by atoms with E-state index in [1.54, 1.807) is 53.7 Å². The molecule has 0 aliphatic rings. The molecule has 4 nitrogen and oxygen atoms in total. The average Bonchev–Trinajstić information content (AvgIpc) is 3.28. The van der Waals surface area contributed by atoms with Crippen molar-refractivity contribution in [3.05, 3.63) is 155 Å². The van der Waals surface area contributed by atoms with Gasteiger partial charge in [0, 0.05) is 26.2 Å². The first-order chi connectivity index (χ1) is 35.9. The van der Waals surface area contributed by atoms with Crippen molar-refractivity contribution in [2.45, 2.75) is 208 Å². The molecule has 0 unspecified atom stereocenters. The minimum absolute atomic E-state index is 0. The maximum absolute atomic E-state index is 17.8. The molecule has 0 aliphatic heterocycles. The number of phenolic OH excluding ortho intramolecular Hbond substituents is 2. The Kier molecular flexibility index (Phi) is 22.2. The summed E-state index contributed by atoms with van der Waals surface area (Å²) < 4.78 is 79.6. The van der Waals surface area contributed by atoms with Crippen molar-refractivity contribution < 1.29 is 63.5 Å². The summed E-state index contributed by atoms with van der Waals surface area (Å²) in [6.07, 6.45) is 0. The van der Waals surface area contributed by atoms with Crippen LogP contribution < -0.4 is 0 Å². The molecule has 0 bridgehead atoms. The van der Waals surface area contributed by atoms with Crippen molar-refractivity contribution in [3.63, 3.8) is 0 Å². The van der Waals surface area contributed by atoms with Crippen LogP contribution in [0.1, 0.15) is 197 Å². The van der Waals surface area contributed by atoms with Crippen LogP contribution in [0.15, 0.2) is 72.8 Å². The van der Waals surface area contributed by atoms with E-state index in [1.807, 2.05) is 26.0 Å². The van der Waals surface area contributed by atoms with Gasteiger partial charge < -0.3 is 14.9 Å². The average molecular weight is 1270 g/mol. The summed E-state index contributed by atoms with van der Waals surface area (Å²) in [5.41, 5.74) is 6.37. The Morgan fingerprint density at radius 1 is 0.402 bits per heavy atom. The number of rotatable bonds is 12. The molecule has 6 aromatic carbocycles. The number of benzene rings is 6. The largest absolute Gasteiger partial charge is 0.358 e. The van der Waals surface area contributed by atoms with Crippen molar-refractivity contribution in [1.82, 2.24) is 0 Å². The minimum Gasteiger partial charge on any atom is -0.358 e. The molecular formula is C72H100F4GeO4Zr. The summed E-state index contributed by atoms with van der Waals surface area (Å²) in [5, 5.41) is 25.2. The molecule has 448 valence electrons. The van der Waals surface area contributed by atoms with Gasteiger partial charge in [0.2, 0.25) is 0 Å². The van der Waals surface area contributed by atoms with Gasteiger partial charge in [-0.25, -0.2) is 0 Å². The van der Waals surface area contributed by atoms with E-state index in [4.69, 9.17) is 9.47 Å². The molecule has 0 atom stereocenters. The van der Waals surface area contributed by atoms with Crippen LogP contribution in [0.25, 0.3) is 44.5 Å². The Bertz CT molecular complexity index is 2990. The molecule has 10 heteroatoms. The van der Waals surface area contributed by atoms with E-state index in [0.29, 0.717) is 11.1 Å². The van der Waals surface area contributed by atoms with Crippen molar-refractivity contribution in [2.75, 3.05) is 10.9 Å². The van der Waals surface area contributed by atoms with Crippen LogP contribution >= 0.6 is 0 Å². The van der Waals surface area contributed by atoms with Crippen molar-refractivity contribution >= 4 is 13.3 Å². The predicted octanol–water partition coefficient (Wildman–Crippen LogP) is 21.2. The van der Waals surface area contributed by atoms with Crippen LogP contribution in [0, 0.1) is 52.0 Å². The first-order valence-corrected chi connectivity index (χ1v) is 33.7. The van der Waals surface area contributed by atoms with Crippen LogP contribution in [-0.2, 0) is 58.7 Å². The molecular weight excluding hydrogens is 1170 g/mol. The van der Waals surface area contributed by atoms with Gasteiger partial charge in [0.05, 0.1) is 0 Å². The van der Waals surface area contributed by atoms with E-state index in [9.17, 15) is 10.2 Å². The predicted molar refractivity (Wildman–Crippen MR) is 341 cm³/mol. The number of phenols is 2. The van der Waals surface area contributed by atoms with Gasteiger partial charge in [0.1, 0.15) is 0 Å². The molecule has 6 aromatic rings. The topological polar surface area (TPSA) is 66.1 Å². The third-order valence-corrected chi connectivity index (χ3v) is 29.1. The third-order valence-electron chi connectivity index (χ3n) is 16.3. The molecule has 4 N–H and O–H groups in total. The van der Waals surface area contributed by atoms with E-state index in [1.165, 1.54) is 12.1 Å². The molecule has 0 fully saturated rings. The van der Waals surface area contributed by atoms with Gasteiger partial charge in [0.25, 0.3) is 0 Å². The molecule has 0 aromatic heterocycles. The van der Waals surface area contributed by atoms with E-state index in [2.05, 4.69) is 147 Å². The fourth-order valence-electron chi connectivity index (χ4n) is 10.9. The monoisotopic (exact) mass is 1270 g/mol. The third kappa shape index (κ3) is 15.0. The fraction of sp³-hybridized carbons (Fsp3) is 0.472. The van der Waals surface area contributed by atoms with Crippen LogP contribution in [0.3, 0.4) is 0 Å². The normalized spacial score (nSPS) is 12.8. The zero-order valence-corrected chi connectivity index (χ0v) is 59.4. The minimum atomic E-state index is -3.69. The van der Waals surface area contributed by atoms with Crippen molar-refractivity contribution in [3.8, 4) is 67.5 Å². The summed E-state index contributed by atoms with van der Waals surface area (Å²) in [6.45, 7) is 48.7. The van der Waals surface area contributed by atoms with E-state index < -0.39 is 47.4 Å². The second-order valence-electron chi connectivity index (χ2n) is 29.6. The molecule has 0 radical (unpaired) electrons. The SMILES string of the molecule is Cc1cc(-c2cc(C(C)(C)C)cc(C(C)(C)C)c2)c(O)c(-c2c([OH+][CH2][Ge]([CH2][OH+]c3cc(F)c(C(C)(C)C)c(F)c3-c3cc(C)cc(-c4cc(C(C)(C)C)cc(C(C)(C)C)c4)c3O)([CH](C)C)[CH](C)C)cc(F)c(C(C)(C)C)c2F)c1.[CH3-].[CH3-].[Zr]. The maximum atomic E-state index is 17.8. The second kappa shape index (κ2) is 25.3. The molecule has 82 heavy (non-hydrogen) atoms. The smallest absolute Gasteiger partial charge is 0 e. The summed E-state index contributed by atoms with van der Waals surface area (Å²) in [6, 6.07) is 22.7. The summed E-state index contributed by atoms with van der Waals surface area (Å²) in [7, 11) is 0. The maximum Gasteiger partial charge on any atom is 0 e. The Morgan fingerprint density at radius 2 is 0.659 bits per heavy atom. The first-order valence-electron chi connectivity index (χ1n) is 28.3. The van der Waals surface area contributed by atoms with Gasteiger partial charge in [-0.3, -0.25) is 0 Å². The molecule has 0 heterocycles. The van der Waals surface area contributed by atoms with Crippen LogP contribution in [-0.4, -0.2) is 43.8 Å². The quantitative estimate of drug-likeness (QED) is 0.0555. The zero-order valence-electron chi connectivity index (χ0n) is 54.8. The van der Waals surface area contributed by atoms with Gasteiger partial charge in [-0.15, -0.1) is 0 Å². The Labute approximate surface area is 515 Å². The Balaban J connectivity index is 0.00000588. The zero-order chi connectivity index (χ0) is 59.8. The molecule has 0 aliphatic carbocycles. The Hall–Kier alpha value is -4.33. The number of aromatic hydroxyl groups is 4. The molecule has 0 amide bonds. The molecule has 0 spiro atoms.